The van der Waals surface area contributed by atoms with E-state index in [0.29, 0.717) is 6.04 Å². The van der Waals surface area contributed by atoms with Gasteiger partial charge in [-0.15, -0.1) is 23.7 Å². The normalized spacial score (nSPS) is 20.4. The van der Waals surface area contributed by atoms with Crippen LogP contribution in [0.2, 0.25) is 0 Å². The van der Waals surface area contributed by atoms with Gasteiger partial charge in [-0.2, -0.15) is 0 Å². The Labute approximate surface area is 124 Å². The van der Waals surface area contributed by atoms with Crippen molar-refractivity contribution in [3.8, 4) is 0 Å². The molecule has 5 heteroatoms. The van der Waals surface area contributed by atoms with Gasteiger partial charge in [0.15, 0.2) is 0 Å². The molecule has 0 unspecified atom stereocenters. The lowest BCUT2D eigenvalue weighted by Crippen LogP contribution is -2.48. The predicted molar refractivity (Wildman–Crippen MR) is 84.3 cm³/mol. The van der Waals surface area contributed by atoms with E-state index in [9.17, 15) is 0 Å². The Balaban J connectivity index is 0.00000133. The first-order valence-electron chi connectivity index (χ1n) is 6.52. The molecule has 1 saturated heterocycles. The molecular weight excluding hydrogens is 278 g/mol. The summed E-state index contributed by atoms with van der Waals surface area (Å²) in [5.74, 6) is 0. The maximum atomic E-state index is 4.51. The van der Waals surface area contributed by atoms with Gasteiger partial charge in [-0.05, 0) is 31.5 Å². The molecule has 1 N–H and O–H groups in total. The van der Waals surface area contributed by atoms with Gasteiger partial charge in [0.05, 0.1) is 15.2 Å². The summed E-state index contributed by atoms with van der Waals surface area (Å²) >= 11 is 1.79. The number of benzene rings is 1. The molecule has 104 valence electrons. The van der Waals surface area contributed by atoms with Crippen LogP contribution in [0.15, 0.2) is 18.2 Å². The zero-order valence-electron chi connectivity index (χ0n) is 11.3. The second kappa shape index (κ2) is 6.18. The number of rotatable bonds is 2. The van der Waals surface area contributed by atoms with Gasteiger partial charge in [-0.3, -0.25) is 4.90 Å². The van der Waals surface area contributed by atoms with Gasteiger partial charge in [-0.1, -0.05) is 6.07 Å². The SMILES string of the molecule is Cc1nc2ccc(CN3CCN[C@H](C)C3)cc2s1.Cl. The van der Waals surface area contributed by atoms with Gasteiger partial charge >= 0.3 is 0 Å². The van der Waals surface area contributed by atoms with Gasteiger partial charge in [0, 0.05) is 32.2 Å². The van der Waals surface area contributed by atoms with Crippen molar-refractivity contribution in [1.82, 2.24) is 15.2 Å². The summed E-state index contributed by atoms with van der Waals surface area (Å²) in [4.78, 5) is 7.03. The number of hydrogen-bond donors (Lipinski definition) is 1. The van der Waals surface area contributed by atoms with E-state index in [0.717, 1.165) is 36.7 Å². The van der Waals surface area contributed by atoms with Crippen molar-refractivity contribution in [3.63, 3.8) is 0 Å². The molecular formula is C14H20ClN3S. The summed E-state index contributed by atoms with van der Waals surface area (Å²) in [7, 11) is 0. The molecule has 1 aliphatic rings. The van der Waals surface area contributed by atoms with Crippen LogP contribution in [0.3, 0.4) is 0 Å². The van der Waals surface area contributed by atoms with Gasteiger partial charge in [0.1, 0.15) is 0 Å². The fourth-order valence-corrected chi connectivity index (χ4v) is 3.49. The van der Waals surface area contributed by atoms with Gasteiger partial charge in [0.25, 0.3) is 0 Å². The average molecular weight is 298 g/mol. The maximum absolute atomic E-state index is 4.51. The molecule has 0 aliphatic carbocycles. The smallest absolute Gasteiger partial charge is 0.0907 e. The highest BCUT2D eigenvalue weighted by Crippen LogP contribution is 2.23. The van der Waals surface area contributed by atoms with Crippen molar-refractivity contribution in [1.29, 1.82) is 0 Å². The number of nitrogens with one attached hydrogen (secondary N) is 1. The molecule has 1 aromatic carbocycles. The molecule has 0 radical (unpaired) electrons. The Morgan fingerprint density at radius 1 is 1.47 bits per heavy atom. The van der Waals surface area contributed by atoms with E-state index in [1.807, 2.05) is 0 Å². The molecule has 1 fully saturated rings. The minimum Gasteiger partial charge on any atom is -0.312 e. The summed E-state index contributed by atoms with van der Waals surface area (Å²) in [6.07, 6.45) is 0. The minimum atomic E-state index is 0. The highest BCUT2D eigenvalue weighted by atomic mass is 35.5. The van der Waals surface area contributed by atoms with E-state index < -0.39 is 0 Å². The van der Waals surface area contributed by atoms with Crippen molar-refractivity contribution in [2.24, 2.45) is 0 Å². The van der Waals surface area contributed by atoms with E-state index in [1.165, 1.54) is 10.3 Å². The molecule has 0 bridgehead atoms. The molecule has 0 saturated carbocycles. The van der Waals surface area contributed by atoms with Crippen molar-refractivity contribution in [3.05, 3.63) is 28.8 Å². The Morgan fingerprint density at radius 2 is 2.32 bits per heavy atom. The fourth-order valence-electron chi connectivity index (χ4n) is 2.60. The van der Waals surface area contributed by atoms with Gasteiger partial charge in [0.2, 0.25) is 0 Å². The second-order valence-electron chi connectivity index (χ2n) is 5.13. The van der Waals surface area contributed by atoms with Crippen LogP contribution in [0.5, 0.6) is 0 Å². The van der Waals surface area contributed by atoms with Crippen LogP contribution < -0.4 is 5.32 Å². The quantitative estimate of drug-likeness (QED) is 0.924. The Morgan fingerprint density at radius 3 is 3.11 bits per heavy atom. The van der Waals surface area contributed by atoms with Gasteiger partial charge in [-0.25, -0.2) is 4.98 Å². The monoisotopic (exact) mass is 297 g/mol. The molecule has 1 atom stereocenters. The zero-order valence-corrected chi connectivity index (χ0v) is 13.0. The summed E-state index contributed by atoms with van der Waals surface area (Å²) in [5.41, 5.74) is 2.54. The predicted octanol–water partition coefficient (Wildman–Crippen LogP) is 2.82. The van der Waals surface area contributed by atoms with E-state index in [2.05, 4.69) is 47.2 Å². The highest BCUT2D eigenvalue weighted by molar-refractivity contribution is 7.18. The van der Waals surface area contributed by atoms with Crippen molar-refractivity contribution in [2.45, 2.75) is 26.4 Å². The number of piperazine rings is 1. The zero-order chi connectivity index (χ0) is 12.5. The Hall–Kier alpha value is -0.680. The summed E-state index contributed by atoms with van der Waals surface area (Å²) in [6, 6.07) is 7.27. The average Bonchev–Trinajstić information content (AvgIpc) is 2.68. The molecule has 19 heavy (non-hydrogen) atoms. The van der Waals surface area contributed by atoms with E-state index >= 15 is 0 Å². The lowest BCUT2D eigenvalue weighted by Gasteiger charge is -2.31. The molecule has 3 rings (SSSR count). The molecule has 2 aromatic rings. The number of hydrogen-bond acceptors (Lipinski definition) is 4. The molecule has 1 aliphatic heterocycles. The third-order valence-corrected chi connectivity index (χ3v) is 4.35. The first kappa shape index (κ1) is 14.7. The number of thiazole rings is 1. The van der Waals surface area contributed by atoms with Crippen molar-refractivity contribution >= 4 is 34.0 Å². The van der Waals surface area contributed by atoms with E-state index in [1.54, 1.807) is 11.3 Å². The summed E-state index contributed by atoms with van der Waals surface area (Å²) < 4.78 is 1.31. The first-order chi connectivity index (χ1) is 8.70. The third-order valence-electron chi connectivity index (χ3n) is 3.42. The summed E-state index contributed by atoms with van der Waals surface area (Å²) in [5, 5.41) is 4.63. The Kier molecular flexibility index (Phi) is 4.79. The van der Waals surface area contributed by atoms with Crippen molar-refractivity contribution < 1.29 is 0 Å². The van der Waals surface area contributed by atoms with E-state index in [-0.39, 0.29) is 12.4 Å². The fraction of sp³-hybridized carbons (Fsp3) is 0.500. The van der Waals surface area contributed by atoms with Crippen LogP contribution in [0.1, 0.15) is 17.5 Å². The third kappa shape index (κ3) is 3.45. The topological polar surface area (TPSA) is 28.2 Å². The van der Waals surface area contributed by atoms with Crippen LogP contribution in [0.4, 0.5) is 0 Å². The highest BCUT2D eigenvalue weighted by Gasteiger charge is 2.15. The number of fused-ring (bicyclic) bond motifs is 1. The molecule has 0 amide bonds. The van der Waals surface area contributed by atoms with Crippen LogP contribution in [-0.2, 0) is 6.54 Å². The largest absolute Gasteiger partial charge is 0.312 e. The van der Waals surface area contributed by atoms with Crippen LogP contribution in [0.25, 0.3) is 10.2 Å². The second-order valence-corrected chi connectivity index (χ2v) is 6.36. The standard InChI is InChI=1S/C14H19N3S.ClH/c1-10-8-17(6-5-15-10)9-12-3-4-13-14(7-12)18-11(2)16-13;/h3-4,7,10,15H,5-6,8-9H2,1-2H3;1H/t10-;/m1./s1. The minimum absolute atomic E-state index is 0. The molecule has 3 nitrogen and oxygen atoms in total. The van der Waals surface area contributed by atoms with Gasteiger partial charge < -0.3 is 5.32 Å². The lowest BCUT2D eigenvalue weighted by molar-refractivity contribution is 0.200. The maximum Gasteiger partial charge on any atom is 0.0907 e. The molecule has 1 aromatic heterocycles. The first-order valence-corrected chi connectivity index (χ1v) is 7.34. The van der Waals surface area contributed by atoms with Crippen LogP contribution in [0, 0.1) is 6.92 Å². The summed E-state index contributed by atoms with van der Waals surface area (Å²) in [6.45, 7) is 8.76. The Bertz CT molecular complexity index is 555. The van der Waals surface area contributed by atoms with Crippen molar-refractivity contribution in [2.75, 3.05) is 19.6 Å². The number of halogens is 1. The number of aryl methyl sites for hydroxylation is 1. The molecule has 2 heterocycles. The molecule has 0 spiro atoms. The van der Waals surface area contributed by atoms with Crippen LogP contribution >= 0.6 is 23.7 Å². The number of aromatic nitrogens is 1. The number of nitrogens with zero attached hydrogens (tertiary/aromatic N) is 2. The van der Waals surface area contributed by atoms with Crippen LogP contribution in [-0.4, -0.2) is 35.6 Å². The lowest BCUT2D eigenvalue weighted by atomic mass is 10.1. The van der Waals surface area contributed by atoms with E-state index in [4.69, 9.17) is 0 Å².